The first kappa shape index (κ1) is 10.8. The molecule has 0 bridgehead atoms. The molecule has 3 heteroatoms. The van der Waals surface area contributed by atoms with Crippen LogP contribution in [0.5, 0.6) is 0 Å². The van der Waals surface area contributed by atoms with Crippen molar-refractivity contribution in [2.75, 3.05) is 0 Å². The van der Waals surface area contributed by atoms with Gasteiger partial charge in [-0.2, -0.15) is 0 Å². The number of rotatable bonds is 2. The van der Waals surface area contributed by atoms with Crippen LogP contribution in [0.1, 0.15) is 26.7 Å². The highest BCUT2D eigenvalue weighted by Gasteiger charge is 1.86. The average Bonchev–Trinajstić information content (AvgIpc) is 2.20. The van der Waals surface area contributed by atoms with Crippen LogP contribution in [0.15, 0.2) is 24.8 Å². The van der Waals surface area contributed by atoms with E-state index in [0.717, 1.165) is 0 Å². The quantitative estimate of drug-likeness (QED) is 0.673. The van der Waals surface area contributed by atoms with Crippen molar-refractivity contribution in [3.05, 3.63) is 24.8 Å². The van der Waals surface area contributed by atoms with Crippen LogP contribution in [0.25, 0.3) is 0 Å². The SMILES string of the molecule is CCC(=O)CC.c1cnccn1. The predicted octanol–water partition coefficient (Wildman–Crippen LogP) is 1.85. The molecule has 0 aromatic carbocycles. The van der Waals surface area contributed by atoms with Crippen molar-refractivity contribution in [1.29, 1.82) is 0 Å². The van der Waals surface area contributed by atoms with Gasteiger partial charge in [0.15, 0.2) is 0 Å². The van der Waals surface area contributed by atoms with Crippen LogP contribution < -0.4 is 0 Å². The van der Waals surface area contributed by atoms with E-state index >= 15 is 0 Å². The van der Waals surface area contributed by atoms with Crippen LogP contribution in [0.4, 0.5) is 0 Å². The molecule has 0 saturated carbocycles. The van der Waals surface area contributed by atoms with Crippen LogP contribution in [0, 0.1) is 0 Å². The van der Waals surface area contributed by atoms with E-state index in [2.05, 4.69) is 9.97 Å². The van der Waals surface area contributed by atoms with E-state index in [1.807, 2.05) is 13.8 Å². The van der Waals surface area contributed by atoms with Crippen molar-refractivity contribution in [3.8, 4) is 0 Å². The average molecular weight is 166 g/mol. The number of ketones is 1. The van der Waals surface area contributed by atoms with Gasteiger partial charge >= 0.3 is 0 Å². The Kier molecular flexibility index (Phi) is 7.03. The third-order valence-electron chi connectivity index (χ3n) is 1.27. The Balaban J connectivity index is 0.000000202. The molecule has 0 aliphatic carbocycles. The van der Waals surface area contributed by atoms with Crippen molar-refractivity contribution >= 4 is 5.78 Å². The second-order valence-electron chi connectivity index (χ2n) is 2.14. The Labute approximate surface area is 72.9 Å². The molecule has 1 aromatic rings. The second-order valence-corrected chi connectivity index (χ2v) is 2.14. The first-order chi connectivity index (χ1) is 5.81. The molecule has 0 aliphatic heterocycles. The van der Waals surface area contributed by atoms with Crippen molar-refractivity contribution in [2.24, 2.45) is 0 Å². The lowest BCUT2D eigenvalue weighted by atomic mass is 10.3. The van der Waals surface area contributed by atoms with E-state index < -0.39 is 0 Å². The Morgan fingerprint density at radius 1 is 1.00 bits per heavy atom. The largest absolute Gasteiger partial charge is 0.300 e. The molecule has 0 radical (unpaired) electrons. The summed E-state index contributed by atoms with van der Waals surface area (Å²) >= 11 is 0. The predicted molar refractivity (Wildman–Crippen MR) is 47.6 cm³/mol. The van der Waals surface area contributed by atoms with Gasteiger partial charge in [0.1, 0.15) is 5.78 Å². The summed E-state index contributed by atoms with van der Waals surface area (Å²) in [6.45, 7) is 3.76. The van der Waals surface area contributed by atoms with Gasteiger partial charge in [0.25, 0.3) is 0 Å². The maximum absolute atomic E-state index is 10.2. The highest BCUT2D eigenvalue weighted by Crippen LogP contribution is 1.83. The Hall–Kier alpha value is -1.25. The molecule has 0 fully saturated rings. The monoisotopic (exact) mass is 166 g/mol. The molecule has 0 N–H and O–H groups in total. The Bertz CT molecular complexity index is 166. The summed E-state index contributed by atoms with van der Waals surface area (Å²) in [5, 5.41) is 0. The maximum Gasteiger partial charge on any atom is 0.132 e. The fourth-order valence-corrected chi connectivity index (χ4v) is 0.503. The summed E-state index contributed by atoms with van der Waals surface area (Å²) in [6, 6.07) is 0. The summed E-state index contributed by atoms with van der Waals surface area (Å²) < 4.78 is 0. The fourth-order valence-electron chi connectivity index (χ4n) is 0.503. The topological polar surface area (TPSA) is 42.9 Å². The number of carbonyl (C=O) groups excluding carboxylic acids is 1. The summed E-state index contributed by atoms with van der Waals surface area (Å²) in [5.41, 5.74) is 0. The highest BCUT2D eigenvalue weighted by molar-refractivity contribution is 5.77. The van der Waals surface area contributed by atoms with E-state index in [1.54, 1.807) is 24.8 Å². The molecule has 0 amide bonds. The van der Waals surface area contributed by atoms with Gasteiger partial charge in [-0.1, -0.05) is 13.8 Å². The van der Waals surface area contributed by atoms with Crippen molar-refractivity contribution in [3.63, 3.8) is 0 Å². The molecular formula is C9H14N2O. The lowest BCUT2D eigenvalue weighted by Gasteiger charge is -1.81. The highest BCUT2D eigenvalue weighted by atomic mass is 16.1. The molecular weight excluding hydrogens is 152 g/mol. The van der Waals surface area contributed by atoms with E-state index in [1.165, 1.54) is 0 Å². The molecule has 66 valence electrons. The van der Waals surface area contributed by atoms with Crippen LogP contribution in [0.3, 0.4) is 0 Å². The zero-order chi connectivity index (χ0) is 9.23. The summed E-state index contributed by atoms with van der Waals surface area (Å²) in [6.07, 6.45) is 7.94. The number of aromatic nitrogens is 2. The smallest absolute Gasteiger partial charge is 0.132 e. The van der Waals surface area contributed by atoms with E-state index in [4.69, 9.17) is 0 Å². The molecule has 3 nitrogen and oxygen atoms in total. The minimum absolute atomic E-state index is 0.343. The number of Topliss-reactive ketones (excluding diaryl/α,β-unsaturated/α-hetero) is 1. The van der Waals surface area contributed by atoms with Gasteiger partial charge in [-0.3, -0.25) is 14.8 Å². The molecule has 1 heterocycles. The van der Waals surface area contributed by atoms with E-state index in [-0.39, 0.29) is 0 Å². The van der Waals surface area contributed by atoms with Crippen LogP contribution in [0.2, 0.25) is 0 Å². The lowest BCUT2D eigenvalue weighted by Crippen LogP contribution is -1.88. The van der Waals surface area contributed by atoms with Gasteiger partial charge in [0.2, 0.25) is 0 Å². The summed E-state index contributed by atoms with van der Waals surface area (Å²) in [4.78, 5) is 17.6. The van der Waals surface area contributed by atoms with Crippen molar-refractivity contribution in [1.82, 2.24) is 9.97 Å². The molecule has 0 unspecified atom stereocenters. The minimum Gasteiger partial charge on any atom is -0.300 e. The minimum atomic E-state index is 0.343. The summed E-state index contributed by atoms with van der Waals surface area (Å²) in [5.74, 6) is 0.343. The summed E-state index contributed by atoms with van der Waals surface area (Å²) in [7, 11) is 0. The first-order valence-corrected chi connectivity index (χ1v) is 4.02. The molecule has 1 aromatic heterocycles. The van der Waals surface area contributed by atoms with Crippen LogP contribution >= 0.6 is 0 Å². The van der Waals surface area contributed by atoms with Gasteiger partial charge < -0.3 is 0 Å². The number of nitrogens with zero attached hydrogens (tertiary/aromatic N) is 2. The zero-order valence-corrected chi connectivity index (χ0v) is 7.53. The van der Waals surface area contributed by atoms with Gasteiger partial charge in [0, 0.05) is 37.6 Å². The molecule has 0 atom stereocenters. The maximum atomic E-state index is 10.2. The molecule has 0 saturated heterocycles. The number of hydrogen-bond acceptors (Lipinski definition) is 3. The van der Waals surface area contributed by atoms with Crippen molar-refractivity contribution < 1.29 is 4.79 Å². The molecule has 0 spiro atoms. The standard InChI is InChI=1S/C5H10O.C4H4N2/c1-3-5(6)4-2;1-2-6-4-3-5-1/h3-4H2,1-2H3;1-4H. The first-order valence-electron chi connectivity index (χ1n) is 4.02. The molecule has 12 heavy (non-hydrogen) atoms. The van der Waals surface area contributed by atoms with E-state index in [0.29, 0.717) is 18.6 Å². The number of carbonyl (C=O) groups is 1. The molecule has 1 rings (SSSR count). The van der Waals surface area contributed by atoms with Gasteiger partial charge in [-0.15, -0.1) is 0 Å². The van der Waals surface area contributed by atoms with Gasteiger partial charge in [-0.25, -0.2) is 0 Å². The van der Waals surface area contributed by atoms with Crippen LogP contribution in [-0.4, -0.2) is 15.8 Å². The number of hydrogen-bond donors (Lipinski definition) is 0. The Morgan fingerprint density at radius 2 is 1.33 bits per heavy atom. The lowest BCUT2D eigenvalue weighted by molar-refractivity contribution is -0.118. The Morgan fingerprint density at radius 3 is 1.42 bits per heavy atom. The zero-order valence-electron chi connectivity index (χ0n) is 7.53. The third-order valence-corrected chi connectivity index (χ3v) is 1.27. The molecule has 0 aliphatic rings. The van der Waals surface area contributed by atoms with Gasteiger partial charge in [-0.05, 0) is 0 Å². The second kappa shape index (κ2) is 7.85. The fraction of sp³-hybridized carbons (Fsp3) is 0.444. The van der Waals surface area contributed by atoms with Gasteiger partial charge in [0.05, 0.1) is 0 Å². The normalized spacial score (nSPS) is 8.17. The van der Waals surface area contributed by atoms with E-state index in [9.17, 15) is 4.79 Å². The third kappa shape index (κ3) is 6.86. The van der Waals surface area contributed by atoms with Crippen LogP contribution in [-0.2, 0) is 4.79 Å². The van der Waals surface area contributed by atoms with Crippen molar-refractivity contribution in [2.45, 2.75) is 26.7 Å².